The number of hydrogen-bond donors (Lipinski definition) is 2. The average Bonchev–Trinajstić information content (AvgIpc) is 2.22. The summed E-state index contributed by atoms with van der Waals surface area (Å²) in [6.45, 7) is 2.80. The van der Waals surface area contributed by atoms with E-state index in [2.05, 4.69) is 4.90 Å². The normalized spacial score (nSPS) is 12.8. The fourth-order valence-electron chi connectivity index (χ4n) is 1.56. The van der Waals surface area contributed by atoms with Gasteiger partial charge in [-0.15, -0.1) is 0 Å². The summed E-state index contributed by atoms with van der Waals surface area (Å²) in [5.41, 5.74) is 6.48. The van der Waals surface area contributed by atoms with E-state index in [9.17, 15) is 0 Å². The van der Waals surface area contributed by atoms with E-state index in [0.717, 1.165) is 12.1 Å². The molecule has 0 spiro atoms. The lowest BCUT2D eigenvalue weighted by molar-refractivity contribution is 0.254. The van der Waals surface area contributed by atoms with Gasteiger partial charge in [0, 0.05) is 19.0 Å². The van der Waals surface area contributed by atoms with Crippen molar-refractivity contribution in [3.8, 4) is 0 Å². The topological polar surface area (TPSA) is 53.1 Å². The van der Waals surface area contributed by atoms with E-state index in [1.165, 1.54) is 0 Å². The molecule has 0 saturated heterocycles. The zero-order valence-corrected chi connectivity index (χ0v) is 11.5. The second kappa shape index (κ2) is 6.24. The summed E-state index contributed by atoms with van der Waals surface area (Å²) in [6, 6.07) is 5.83. The van der Waals surface area contributed by atoms with Crippen LogP contribution in [0.25, 0.3) is 0 Å². The maximum absolute atomic E-state index is 7.27. The molecule has 0 saturated carbocycles. The first-order valence-electron chi connectivity index (χ1n) is 5.37. The molecule has 1 aromatic rings. The maximum Gasteiger partial charge on any atom is 0.0920 e. The molecule has 0 radical (unpaired) electrons. The summed E-state index contributed by atoms with van der Waals surface area (Å²) in [5, 5.41) is 8.40. The van der Waals surface area contributed by atoms with E-state index < -0.39 is 0 Å². The van der Waals surface area contributed by atoms with Crippen LogP contribution >= 0.6 is 23.2 Å². The fourth-order valence-corrected chi connectivity index (χ4v) is 1.88. The minimum Gasteiger partial charge on any atom is -0.388 e. The highest BCUT2D eigenvalue weighted by molar-refractivity contribution is 6.42. The first kappa shape index (κ1) is 14.3. The molecule has 3 nitrogen and oxygen atoms in total. The Balaban J connectivity index is 2.64. The lowest BCUT2D eigenvalue weighted by Gasteiger charge is -2.24. The number of nitrogens with one attached hydrogen (secondary N) is 1. The number of amidine groups is 1. The molecule has 1 aromatic carbocycles. The van der Waals surface area contributed by atoms with Crippen molar-refractivity contribution in [1.29, 1.82) is 5.41 Å². The molecule has 0 bridgehead atoms. The summed E-state index contributed by atoms with van der Waals surface area (Å²) >= 11 is 11.8. The Labute approximate surface area is 112 Å². The van der Waals surface area contributed by atoms with Gasteiger partial charge in [-0.3, -0.25) is 10.3 Å². The molecule has 0 amide bonds. The number of nitrogens with zero attached hydrogens (tertiary/aromatic N) is 1. The van der Waals surface area contributed by atoms with Crippen LogP contribution < -0.4 is 5.73 Å². The van der Waals surface area contributed by atoms with Gasteiger partial charge in [-0.25, -0.2) is 0 Å². The minimum atomic E-state index is 0.207. The minimum absolute atomic E-state index is 0.207. The van der Waals surface area contributed by atoms with Crippen molar-refractivity contribution < 1.29 is 0 Å². The molecular formula is C12H17Cl2N3. The zero-order valence-electron chi connectivity index (χ0n) is 10.0. The van der Waals surface area contributed by atoms with Crippen molar-refractivity contribution in [3.05, 3.63) is 33.8 Å². The van der Waals surface area contributed by atoms with Crippen molar-refractivity contribution in [2.24, 2.45) is 5.73 Å². The quantitative estimate of drug-likeness (QED) is 0.640. The van der Waals surface area contributed by atoms with Gasteiger partial charge in [0.1, 0.15) is 0 Å². The van der Waals surface area contributed by atoms with E-state index in [1.807, 2.05) is 26.1 Å². The largest absolute Gasteiger partial charge is 0.388 e. The highest BCUT2D eigenvalue weighted by atomic mass is 35.5. The lowest BCUT2D eigenvalue weighted by Crippen LogP contribution is -2.32. The Morgan fingerprint density at radius 1 is 1.41 bits per heavy atom. The van der Waals surface area contributed by atoms with Crippen LogP contribution in [0.1, 0.15) is 18.9 Å². The van der Waals surface area contributed by atoms with Gasteiger partial charge in [0.15, 0.2) is 0 Å². The third kappa shape index (κ3) is 4.54. The van der Waals surface area contributed by atoms with Gasteiger partial charge in [0.25, 0.3) is 0 Å². The second-order valence-corrected chi connectivity index (χ2v) is 5.06. The summed E-state index contributed by atoms with van der Waals surface area (Å²) in [6.07, 6.45) is 0.567. The summed E-state index contributed by atoms with van der Waals surface area (Å²) in [4.78, 5) is 2.13. The van der Waals surface area contributed by atoms with Crippen molar-refractivity contribution in [1.82, 2.24) is 4.90 Å². The number of nitrogens with two attached hydrogens (primary N) is 1. The molecular weight excluding hydrogens is 257 g/mol. The molecule has 17 heavy (non-hydrogen) atoms. The average molecular weight is 274 g/mol. The first-order chi connectivity index (χ1) is 7.90. The Kier molecular flexibility index (Phi) is 5.25. The van der Waals surface area contributed by atoms with Crippen LogP contribution in [-0.4, -0.2) is 23.8 Å². The SMILES string of the molecule is CC(CC(=N)N)N(C)Cc1ccc(Cl)c(Cl)c1. The maximum atomic E-state index is 7.27. The molecule has 1 unspecified atom stereocenters. The molecule has 3 N–H and O–H groups in total. The molecule has 5 heteroatoms. The Hall–Kier alpha value is -0.770. The fraction of sp³-hybridized carbons (Fsp3) is 0.417. The number of hydrogen-bond acceptors (Lipinski definition) is 2. The van der Waals surface area contributed by atoms with Crippen LogP contribution in [0.5, 0.6) is 0 Å². The molecule has 0 aliphatic carbocycles. The summed E-state index contributed by atoms with van der Waals surface area (Å²) in [7, 11) is 2.00. The zero-order chi connectivity index (χ0) is 13.0. The number of halogens is 2. The number of benzene rings is 1. The molecule has 0 heterocycles. The predicted molar refractivity (Wildman–Crippen MR) is 73.9 cm³/mol. The third-order valence-electron chi connectivity index (χ3n) is 2.68. The Morgan fingerprint density at radius 2 is 2.06 bits per heavy atom. The smallest absolute Gasteiger partial charge is 0.0920 e. The van der Waals surface area contributed by atoms with Crippen molar-refractivity contribution in [2.45, 2.75) is 25.9 Å². The lowest BCUT2D eigenvalue weighted by atomic mass is 10.1. The summed E-state index contributed by atoms with van der Waals surface area (Å²) in [5.74, 6) is 0.207. The highest BCUT2D eigenvalue weighted by Crippen LogP contribution is 2.23. The van der Waals surface area contributed by atoms with E-state index in [1.54, 1.807) is 6.07 Å². The van der Waals surface area contributed by atoms with Crippen molar-refractivity contribution in [3.63, 3.8) is 0 Å². The molecule has 0 aliphatic rings. The molecule has 1 atom stereocenters. The van der Waals surface area contributed by atoms with E-state index >= 15 is 0 Å². The highest BCUT2D eigenvalue weighted by Gasteiger charge is 2.11. The van der Waals surface area contributed by atoms with Crippen LogP contribution in [0.2, 0.25) is 10.0 Å². The predicted octanol–water partition coefficient (Wildman–Crippen LogP) is 3.14. The molecule has 1 rings (SSSR count). The van der Waals surface area contributed by atoms with Gasteiger partial charge in [-0.1, -0.05) is 29.3 Å². The van der Waals surface area contributed by atoms with Crippen molar-refractivity contribution in [2.75, 3.05) is 7.05 Å². The molecule has 94 valence electrons. The van der Waals surface area contributed by atoms with Crippen LogP contribution in [0.15, 0.2) is 18.2 Å². The third-order valence-corrected chi connectivity index (χ3v) is 3.42. The molecule has 0 aliphatic heterocycles. The van der Waals surface area contributed by atoms with Crippen LogP contribution in [0, 0.1) is 5.41 Å². The van der Waals surface area contributed by atoms with Crippen LogP contribution in [0.4, 0.5) is 0 Å². The van der Waals surface area contributed by atoms with Gasteiger partial charge in [-0.05, 0) is 31.7 Å². The van der Waals surface area contributed by atoms with Gasteiger partial charge < -0.3 is 5.73 Å². The van der Waals surface area contributed by atoms with E-state index in [4.69, 9.17) is 34.3 Å². The Bertz CT molecular complexity index is 407. The Morgan fingerprint density at radius 3 is 2.59 bits per heavy atom. The molecule has 0 fully saturated rings. The number of rotatable bonds is 5. The van der Waals surface area contributed by atoms with Gasteiger partial charge in [0.2, 0.25) is 0 Å². The monoisotopic (exact) mass is 273 g/mol. The summed E-state index contributed by atoms with van der Waals surface area (Å²) < 4.78 is 0. The first-order valence-corrected chi connectivity index (χ1v) is 6.12. The van der Waals surface area contributed by atoms with Gasteiger partial charge in [-0.2, -0.15) is 0 Å². The van der Waals surface area contributed by atoms with Crippen molar-refractivity contribution >= 4 is 29.0 Å². The van der Waals surface area contributed by atoms with Crippen LogP contribution in [0.3, 0.4) is 0 Å². The van der Waals surface area contributed by atoms with E-state index in [0.29, 0.717) is 16.5 Å². The van der Waals surface area contributed by atoms with Gasteiger partial charge in [0.05, 0.1) is 15.9 Å². The second-order valence-electron chi connectivity index (χ2n) is 4.24. The molecule has 0 aromatic heterocycles. The van der Waals surface area contributed by atoms with Crippen LogP contribution in [-0.2, 0) is 6.54 Å². The van der Waals surface area contributed by atoms with E-state index in [-0.39, 0.29) is 11.9 Å². The standard InChI is InChI=1S/C12H17Cl2N3/c1-8(5-12(15)16)17(2)7-9-3-4-10(13)11(14)6-9/h3-4,6,8H,5,7H2,1-2H3,(H3,15,16). The van der Waals surface area contributed by atoms with Gasteiger partial charge >= 0.3 is 0 Å².